The Morgan fingerprint density at radius 3 is 2.43 bits per heavy atom. The fourth-order valence-electron chi connectivity index (χ4n) is 4.08. The van der Waals surface area contributed by atoms with Crippen LogP contribution < -0.4 is 14.2 Å². The molecule has 3 aromatic rings. The average Bonchev–Trinajstić information content (AvgIpc) is 3.24. The summed E-state index contributed by atoms with van der Waals surface area (Å²) in [5.74, 6) is 2.28. The van der Waals surface area contributed by atoms with Crippen molar-refractivity contribution in [2.75, 3.05) is 14.2 Å². The van der Waals surface area contributed by atoms with Crippen molar-refractivity contribution in [3.8, 4) is 17.2 Å². The molecule has 0 spiro atoms. The van der Waals surface area contributed by atoms with Crippen molar-refractivity contribution in [3.63, 3.8) is 0 Å². The van der Waals surface area contributed by atoms with Crippen LogP contribution in [0.15, 0.2) is 71.8 Å². The molecule has 2 aliphatic rings. The molecule has 6 heteroatoms. The molecule has 0 aromatic heterocycles. The first-order chi connectivity index (χ1) is 14.7. The van der Waals surface area contributed by atoms with E-state index >= 15 is 0 Å². The second-order valence-electron chi connectivity index (χ2n) is 7.25. The SMILES string of the molecule is COc1ccc(C2=NN3[C@H](C2)c2cccc(OC)c2O[C@@H]3c2ccccc2Cl)cc1. The molecule has 0 radical (unpaired) electrons. The van der Waals surface area contributed by atoms with Crippen molar-refractivity contribution < 1.29 is 14.2 Å². The summed E-state index contributed by atoms with van der Waals surface area (Å²) < 4.78 is 17.3. The Labute approximate surface area is 180 Å². The van der Waals surface area contributed by atoms with Gasteiger partial charge >= 0.3 is 0 Å². The molecule has 0 saturated carbocycles. The van der Waals surface area contributed by atoms with Gasteiger partial charge in [-0.25, -0.2) is 5.01 Å². The lowest BCUT2D eigenvalue weighted by atomic mass is 9.95. The van der Waals surface area contributed by atoms with E-state index in [-0.39, 0.29) is 6.04 Å². The Morgan fingerprint density at radius 1 is 0.933 bits per heavy atom. The molecule has 0 fully saturated rings. The minimum absolute atomic E-state index is 0.0298. The van der Waals surface area contributed by atoms with Crippen molar-refractivity contribution in [1.29, 1.82) is 0 Å². The third-order valence-electron chi connectivity index (χ3n) is 5.59. The van der Waals surface area contributed by atoms with Crippen LogP contribution in [0.3, 0.4) is 0 Å². The fraction of sp³-hybridized carbons (Fsp3) is 0.208. The summed E-state index contributed by atoms with van der Waals surface area (Å²) in [7, 11) is 3.32. The molecule has 5 rings (SSSR count). The second kappa shape index (κ2) is 7.58. The lowest BCUT2D eigenvalue weighted by molar-refractivity contribution is -0.0208. The molecule has 2 heterocycles. The van der Waals surface area contributed by atoms with Gasteiger partial charge in [-0.15, -0.1) is 0 Å². The Kier molecular flexibility index (Phi) is 4.75. The van der Waals surface area contributed by atoms with Crippen LogP contribution >= 0.6 is 11.6 Å². The van der Waals surface area contributed by atoms with E-state index in [0.29, 0.717) is 10.8 Å². The van der Waals surface area contributed by atoms with Gasteiger partial charge in [0.05, 0.1) is 26.0 Å². The van der Waals surface area contributed by atoms with E-state index in [1.165, 1.54) is 0 Å². The lowest BCUT2D eigenvalue weighted by Gasteiger charge is -2.38. The Hall–Kier alpha value is -3.18. The topological polar surface area (TPSA) is 43.3 Å². The zero-order valence-electron chi connectivity index (χ0n) is 16.7. The third kappa shape index (κ3) is 3.06. The normalized spacial score (nSPS) is 19.4. The van der Waals surface area contributed by atoms with E-state index < -0.39 is 6.23 Å². The first-order valence-corrected chi connectivity index (χ1v) is 10.2. The number of rotatable bonds is 4. The van der Waals surface area contributed by atoms with Gasteiger partial charge in [-0.3, -0.25) is 0 Å². The predicted octanol–water partition coefficient (Wildman–Crippen LogP) is 5.60. The number of fused-ring (bicyclic) bond motifs is 3. The molecule has 0 bridgehead atoms. The van der Waals surface area contributed by atoms with Gasteiger partial charge in [-0.05, 0) is 42.0 Å². The van der Waals surface area contributed by atoms with Crippen molar-refractivity contribution in [2.24, 2.45) is 5.10 Å². The van der Waals surface area contributed by atoms with Gasteiger partial charge in [0.25, 0.3) is 0 Å². The van der Waals surface area contributed by atoms with Crippen LogP contribution in [0.4, 0.5) is 0 Å². The molecular formula is C24H21ClN2O3. The van der Waals surface area contributed by atoms with Gasteiger partial charge in [0.1, 0.15) is 5.75 Å². The highest BCUT2D eigenvalue weighted by atomic mass is 35.5. The van der Waals surface area contributed by atoms with Gasteiger partial charge in [-0.1, -0.05) is 41.9 Å². The largest absolute Gasteiger partial charge is 0.497 e. The monoisotopic (exact) mass is 420 g/mol. The molecule has 3 aromatic carbocycles. The van der Waals surface area contributed by atoms with Crippen LogP contribution in [-0.4, -0.2) is 24.9 Å². The maximum absolute atomic E-state index is 6.54. The highest BCUT2D eigenvalue weighted by molar-refractivity contribution is 6.31. The van der Waals surface area contributed by atoms with Crippen molar-refractivity contribution in [3.05, 3.63) is 88.4 Å². The number of methoxy groups -OCH3 is 2. The van der Waals surface area contributed by atoms with Crippen molar-refractivity contribution in [2.45, 2.75) is 18.7 Å². The van der Waals surface area contributed by atoms with Gasteiger partial charge in [0, 0.05) is 22.6 Å². The Morgan fingerprint density at radius 2 is 1.70 bits per heavy atom. The molecule has 2 aliphatic heterocycles. The summed E-state index contributed by atoms with van der Waals surface area (Å²) in [6.45, 7) is 0. The highest BCUT2D eigenvalue weighted by Gasteiger charge is 2.42. The van der Waals surface area contributed by atoms with E-state index in [1.807, 2.05) is 65.7 Å². The molecule has 0 amide bonds. The highest BCUT2D eigenvalue weighted by Crippen LogP contribution is 2.51. The summed E-state index contributed by atoms with van der Waals surface area (Å²) >= 11 is 6.54. The minimum Gasteiger partial charge on any atom is -0.497 e. The zero-order valence-corrected chi connectivity index (χ0v) is 17.5. The van der Waals surface area contributed by atoms with Crippen LogP contribution in [0, 0.1) is 0 Å². The summed E-state index contributed by atoms with van der Waals surface area (Å²) in [6.07, 6.45) is 0.319. The molecule has 5 nitrogen and oxygen atoms in total. The van der Waals surface area contributed by atoms with Crippen molar-refractivity contribution >= 4 is 17.3 Å². The number of ether oxygens (including phenoxy) is 3. The summed E-state index contributed by atoms with van der Waals surface area (Å²) in [5, 5.41) is 7.64. The maximum Gasteiger partial charge on any atom is 0.215 e. The van der Waals surface area contributed by atoms with Gasteiger partial charge in [0.2, 0.25) is 6.23 Å². The zero-order chi connectivity index (χ0) is 20.7. The number of halogens is 1. The first-order valence-electron chi connectivity index (χ1n) is 9.78. The predicted molar refractivity (Wildman–Crippen MR) is 117 cm³/mol. The van der Waals surface area contributed by atoms with E-state index in [4.69, 9.17) is 30.9 Å². The maximum atomic E-state index is 6.54. The van der Waals surface area contributed by atoms with Crippen LogP contribution in [0.5, 0.6) is 17.2 Å². The van der Waals surface area contributed by atoms with Crippen LogP contribution in [-0.2, 0) is 0 Å². The minimum atomic E-state index is -0.441. The summed E-state index contributed by atoms with van der Waals surface area (Å²) in [6, 6.07) is 21.7. The van der Waals surface area contributed by atoms with Gasteiger partial charge in [-0.2, -0.15) is 5.10 Å². The fourth-order valence-corrected chi connectivity index (χ4v) is 4.31. The molecular weight excluding hydrogens is 400 g/mol. The number of hydrogen-bond donors (Lipinski definition) is 0. The standard InChI is InChI=1S/C24H21ClN2O3/c1-28-16-12-10-15(11-13-16)20-14-21-18-7-5-9-22(29-2)23(18)30-24(27(21)26-20)17-6-3-4-8-19(17)25/h3-13,21,24H,14H2,1-2H3/t21-,24-/m1/s1. The number of nitrogens with zero attached hydrogens (tertiary/aromatic N) is 2. The number of hydrogen-bond acceptors (Lipinski definition) is 5. The molecule has 2 atom stereocenters. The summed E-state index contributed by atoms with van der Waals surface area (Å²) in [5.41, 5.74) is 4.00. The summed E-state index contributed by atoms with van der Waals surface area (Å²) in [4.78, 5) is 0. The van der Waals surface area contributed by atoms with Crippen molar-refractivity contribution in [1.82, 2.24) is 5.01 Å². The molecule has 152 valence electrons. The van der Waals surface area contributed by atoms with Crippen LogP contribution in [0.2, 0.25) is 5.02 Å². The molecule has 0 unspecified atom stereocenters. The Bertz CT molecular complexity index is 1110. The van der Waals surface area contributed by atoms with E-state index in [2.05, 4.69) is 6.07 Å². The van der Waals surface area contributed by atoms with Gasteiger partial charge in [0.15, 0.2) is 11.5 Å². The third-order valence-corrected chi connectivity index (χ3v) is 5.94. The molecule has 0 saturated heterocycles. The molecule has 0 N–H and O–H groups in total. The number of benzene rings is 3. The molecule has 30 heavy (non-hydrogen) atoms. The van der Waals surface area contributed by atoms with Crippen LogP contribution in [0.1, 0.15) is 35.4 Å². The van der Waals surface area contributed by atoms with E-state index in [1.54, 1.807) is 14.2 Å². The smallest absolute Gasteiger partial charge is 0.215 e. The number of hydrazone groups is 1. The lowest BCUT2D eigenvalue weighted by Crippen LogP contribution is -2.34. The first kappa shape index (κ1) is 18.8. The average molecular weight is 421 g/mol. The van der Waals surface area contributed by atoms with E-state index in [9.17, 15) is 0 Å². The second-order valence-corrected chi connectivity index (χ2v) is 7.65. The Balaban J connectivity index is 1.61. The quantitative estimate of drug-likeness (QED) is 0.551. The molecule has 0 aliphatic carbocycles. The van der Waals surface area contributed by atoms with Gasteiger partial charge < -0.3 is 14.2 Å². The van der Waals surface area contributed by atoms with E-state index in [0.717, 1.165) is 40.3 Å². The number of para-hydroxylation sites is 1. The van der Waals surface area contributed by atoms with Crippen LogP contribution in [0.25, 0.3) is 0 Å².